The predicted octanol–water partition coefficient (Wildman–Crippen LogP) is 2.96. The largest absolute Gasteiger partial charge is 0.379 e. The first-order valence-electron chi connectivity index (χ1n) is 14.4. The number of hydrogen-bond acceptors (Lipinski definition) is 5. The number of carbonyl (C=O) groups excluding carboxylic acids is 4. The van der Waals surface area contributed by atoms with Crippen molar-refractivity contribution >= 4 is 23.6 Å². The molecule has 2 aliphatic rings. The fraction of sp³-hybridized carbons (Fsp3) is 0.655. The molecule has 3 rings (SSSR count). The Kier molecular flexibility index (Phi) is 12.7. The van der Waals surface area contributed by atoms with Crippen LogP contribution in [-0.4, -0.2) is 66.4 Å². The summed E-state index contributed by atoms with van der Waals surface area (Å²) in [7, 11) is 0. The van der Waals surface area contributed by atoms with Crippen LogP contribution in [0.1, 0.15) is 83.1 Å². The van der Waals surface area contributed by atoms with Gasteiger partial charge in [0.05, 0.1) is 13.0 Å². The maximum absolute atomic E-state index is 14.0. The molecular formula is C29H43FN4O5. The van der Waals surface area contributed by atoms with Gasteiger partial charge in [0.1, 0.15) is 17.9 Å². The molecule has 216 valence electrons. The summed E-state index contributed by atoms with van der Waals surface area (Å²) in [5, 5.41) is 8.10. The molecule has 0 aliphatic carbocycles. The Morgan fingerprint density at radius 2 is 1.79 bits per heavy atom. The van der Waals surface area contributed by atoms with Gasteiger partial charge in [0.25, 0.3) is 0 Å². The summed E-state index contributed by atoms with van der Waals surface area (Å²) in [6.45, 7) is 2.98. The van der Waals surface area contributed by atoms with Gasteiger partial charge in [-0.1, -0.05) is 50.8 Å². The summed E-state index contributed by atoms with van der Waals surface area (Å²) < 4.78 is 19.8. The highest BCUT2D eigenvalue weighted by Gasteiger charge is 2.33. The second-order valence-electron chi connectivity index (χ2n) is 10.4. The predicted molar refractivity (Wildman–Crippen MR) is 145 cm³/mol. The van der Waals surface area contributed by atoms with Crippen LogP contribution < -0.4 is 16.0 Å². The molecule has 0 bridgehead atoms. The van der Waals surface area contributed by atoms with E-state index in [9.17, 15) is 23.6 Å². The highest BCUT2D eigenvalue weighted by Crippen LogP contribution is 2.21. The van der Waals surface area contributed by atoms with Crippen LogP contribution in [0.5, 0.6) is 0 Å². The fourth-order valence-electron chi connectivity index (χ4n) is 5.16. The molecule has 0 unspecified atom stereocenters. The Labute approximate surface area is 230 Å². The SMILES string of the molecule is CC[C@H]1CCCN1C(=O)C[C@@H]1NC(=O)CCCCCCCCOC[C@@H](C(=O)NCc2ccccc2F)NC1=O. The Morgan fingerprint density at radius 3 is 2.56 bits per heavy atom. The first-order valence-corrected chi connectivity index (χ1v) is 14.4. The molecule has 0 spiro atoms. The zero-order valence-electron chi connectivity index (χ0n) is 23.0. The molecule has 1 aromatic carbocycles. The van der Waals surface area contributed by atoms with E-state index in [2.05, 4.69) is 16.0 Å². The van der Waals surface area contributed by atoms with Crippen LogP contribution >= 0.6 is 0 Å². The minimum Gasteiger partial charge on any atom is -0.379 e. The van der Waals surface area contributed by atoms with E-state index in [-0.39, 0.29) is 43.8 Å². The smallest absolute Gasteiger partial charge is 0.245 e. The van der Waals surface area contributed by atoms with Crippen molar-refractivity contribution < 1.29 is 28.3 Å². The third-order valence-electron chi connectivity index (χ3n) is 7.47. The van der Waals surface area contributed by atoms with Gasteiger partial charge in [-0.05, 0) is 38.2 Å². The lowest BCUT2D eigenvalue weighted by atomic mass is 10.1. The number of benzene rings is 1. The van der Waals surface area contributed by atoms with E-state index in [0.29, 0.717) is 25.1 Å². The number of nitrogens with one attached hydrogen (secondary N) is 3. The number of likely N-dealkylation sites (tertiary alicyclic amines) is 1. The molecule has 3 N–H and O–H groups in total. The lowest BCUT2D eigenvalue weighted by molar-refractivity contribution is -0.138. The number of rotatable bonds is 6. The summed E-state index contributed by atoms with van der Waals surface area (Å²) in [5.74, 6) is -2.07. The van der Waals surface area contributed by atoms with Crippen LogP contribution in [0, 0.1) is 5.82 Å². The van der Waals surface area contributed by atoms with Crippen molar-refractivity contribution in [1.29, 1.82) is 0 Å². The lowest BCUT2D eigenvalue weighted by Gasteiger charge is -2.27. The molecule has 10 heteroatoms. The summed E-state index contributed by atoms with van der Waals surface area (Å²) in [6, 6.07) is 4.08. The van der Waals surface area contributed by atoms with Gasteiger partial charge in [-0.3, -0.25) is 19.2 Å². The highest BCUT2D eigenvalue weighted by molar-refractivity contribution is 5.95. The molecule has 0 aromatic heterocycles. The van der Waals surface area contributed by atoms with Gasteiger partial charge in [-0.2, -0.15) is 0 Å². The van der Waals surface area contributed by atoms with E-state index in [0.717, 1.165) is 51.4 Å². The van der Waals surface area contributed by atoms with E-state index in [1.165, 1.54) is 6.07 Å². The molecular weight excluding hydrogens is 503 g/mol. The first-order chi connectivity index (χ1) is 18.9. The van der Waals surface area contributed by atoms with Crippen molar-refractivity contribution in [2.75, 3.05) is 19.8 Å². The van der Waals surface area contributed by atoms with Gasteiger partial charge < -0.3 is 25.6 Å². The number of carbonyl (C=O) groups is 4. The number of amides is 4. The summed E-state index contributed by atoms with van der Waals surface area (Å²) >= 11 is 0. The Hall–Kier alpha value is -3.01. The van der Waals surface area contributed by atoms with Crippen LogP contribution in [0.3, 0.4) is 0 Å². The van der Waals surface area contributed by atoms with Crippen LogP contribution in [0.15, 0.2) is 24.3 Å². The number of halogens is 1. The molecule has 2 saturated heterocycles. The molecule has 2 aliphatic heterocycles. The molecule has 2 heterocycles. The summed E-state index contributed by atoms with van der Waals surface area (Å²) in [4.78, 5) is 54.1. The van der Waals surface area contributed by atoms with Crippen LogP contribution in [0.2, 0.25) is 0 Å². The second kappa shape index (κ2) is 16.2. The second-order valence-corrected chi connectivity index (χ2v) is 10.4. The van der Waals surface area contributed by atoms with Gasteiger partial charge >= 0.3 is 0 Å². The van der Waals surface area contributed by atoms with Crippen molar-refractivity contribution in [2.45, 2.75) is 102 Å². The molecule has 2 fully saturated rings. The maximum Gasteiger partial charge on any atom is 0.245 e. The molecule has 9 nitrogen and oxygen atoms in total. The minimum atomic E-state index is -1.11. The first kappa shape index (κ1) is 30.5. The topological polar surface area (TPSA) is 117 Å². The van der Waals surface area contributed by atoms with E-state index in [1.807, 2.05) is 6.92 Å². The molecule has 1 aromatic rings. The third-order valence-corrected chi connectivity index (χ3v) is 7.47. The van der Waals surface area contributed by atoms with Crippen molar-refractivity contribution in [3.05, 3.63) is 35.6 Å². The zero-order valence-corrected chi connectivity index (χ0v) is 23.0. The van der Waals surface area contributed by atoms with Gasteiger partial charge in [-0.15, -0.1) is 0 Å². The maximum atomic E-state index is 14.0. The summed E-state index contributed by atoms with van der Waals surface area (Å²) in [5.41, 5.74) is 0.318. The van der Waals surface area contributed by atoms with E-state index in [4.69, 9.17) is 4.74 Å². The van der Waals surface area contributed by atoms with E-state index >= 15 is 0 Å². The lowest BCUT2D eigenvalue weighted by Crippen LogP contribution is -2.56. The van der Waals surface area contributed by atoms with Gasteiger partial charge in [0.15, 0.2) is 0 Å². The molecule has 3 atom stereocenters. The van der Waals surface area contributed by atoms with Gasteiger partial charge in [-0.25, -0.2) is 4.39 Å². The number of hydrogen-bond donors (Lipinski definition) is 3. The van der Waals surface area contributed by atoms with Crippen molar-refractivity contribution in [2.24, 2.45) is 0 Å². The van der Waals surface area contributed by atoms with Crippen LogP contribution in [-0.2, 0) is 30.5 Å². The molecule has 0 radical (unpaired) electrons. The monoisotopic (exact) mass is 546 g/mol. The molecule has 0 saturated carbocycles. The average Bonchev–Trinajstić information content (AvgIpc) is 3.41. The van der Waals surface area contributed by atoms with Gasteiger partial charge in [0.2, 0.25) is 23.6 Å². The van der Waals surface area contributed by atoms with Crippen molar-refractivity contribution in [3.63, 3.8) is 0 Å². The van der Waals surface area contributed by atoms with Crippen molar-refractivity contribution in [1.82, 2.24) is 20.9 Å². The fourth-order valence-corrected chi connectivity index (χ4v) is 5.16. The zero-order chi connectivity index (χ0) is 28.0. The van der Waals surface area contributed by atoms with Crippen molar-refractivity contribution in [3.8, 4) is 0 Å². The molecule has 39 heavy (non-hydrogen) atoms. The summed E-state index contributed by atoms with van der Waals surface area (Å²) in [6.07, 6.45) is 8.21. The third kappa shape index (κ3) is 9.91. The normalized spacial score (nSPS) is 24.1. The average molecular weight is 547 g/mol. The van der Waals surface area contributed by atoms with E-state index in [1.54, 1.807) is 23.1 Å². The minimum absolute atomic E-state index is 0.0517. The molecule has 4 amide bonds. The Morgan fingerprint density at radius 1 is 1.05 bits per heavy atom. The van der Waals surface area contributed by atoms with Crippen LogP contribution in [0.25, 0.3) is 0 Å². The number of nitrogens with zero attached hydrogens (tertiary/aromatic N) is 1. The van der Waals surface area contributed by atoms with Crippen LogP contribution in [0.4, 0.5) is 4.39 Å². The standard InChI is InChI=1S/C29H43FN4O5/c1-2-22-13-11-16-34(22)27(36)18-24-29(38)33-25(28(37)31-19-21-12-8-9-14-23(21)30)20-39-17-10-6-4-3-5-7-15-26(35)32-24/h8-9,12,14,22,24-25H,2-7,10-11,13,15-20H2,1H3,(H,31,37)(H,32,35)(H,33,38)/t22-,24-,25-/m0/s1. The number of ether oxygens (including phenoxy) is 1. The highest BCUT2D eigenvalue weighted by atomic mass is 19.1. The Balaban J connectivity index is 1.72. The van der Waals surface area contributed by atoms with Gasteiger partial charge in [0, 0.05) is 37.7 Å². The quantitative estimate of drug-likeness (QED) is 0.507. The Bertz CT molecular complexity index is 975. The van der Waals surface area contributed by atoms with E-state index < -0.39 is 29.7 Å².